The van der Waals surface area contributed by atoms with Crippen molar-refractivity contribution in [3.63, 3.8) is 0 Å². The molecule has 0 saturated heterocycles. The summed E-state index contributed by atoms with van der Waals surface area (Å²) in [5.41, 5.74) is 5.09. The minimum Gasteiger partial charge on any atom is -0.478 e. The third-order valence-corrected chi connectivity index (χ3v) is 4.80. The van der Waals surface area contributed by atoms with Crippen LogP contribution in [-0.2, 0) is 0 Å². The first-order valence-electron chi connectivity index (χ1n) is 7.11. The summed E-state index contributed by atoms with van der Waals surface area (Å²) in [6.45, 7) is 10.9. The Morgan fingerprint density at radius 1 is 0.545 bits per heavy atom. The van der Waals surface area contributed by atoms with E-state index in [4.69, 9.17) is 0 Å². The van der Waals surface area contributed by atoms with Gasteiger partial charge < -0.3 is 10.2 Å². The third-order valence-electron chi connectivity index (χ3n) is 4.80. The maximum absolute atomic E-state index is 11.6. The van der Waals surface area contributed by atoms with Crippen molar-refractivity contribution < 1.29 is 19.8 Å². The number of benzene rings is 2. The van der Waals surface area contributed by atoms with Crippen molar-refractivity contribution in [2.45, 2.75) is 41.5 Å². The Labute approximate surface area is 129 Å². The zero-order valence-electron chi connectivity index (χ0n) is 13.7. The van der Waals surface area contributed by atoms with Crippen molar-refractivity contribution in [3.05, 3.63) is 44.5 Å². The van der Waals surface area contributed by atoms with Gasteiger partial charge in [-0.25, -0.2) is 9.59 Å². The molecule has 0 radical (unpaired) electrons. The van der Waals surface area contributed by atoms with Crippen molar-refractivity contribution in [2.24, 2.45) is 0 Å². The lowest BCUT2D eigenvalue weighted by Crippen LogP contribution is -2.11. The van der Waals surface area contributed by atoms with Gasteiger partial charge in [0.05, 0.1) is 11.1 Å². The van der Waals surface area contributed by atoms with E-state index in [1.807, 2.05) is 13.8 Å². The summed E-state index contributed by atoms with van der Waals surface area (Å²) in [5, 5.41) is 20.7. The Balaban J connectivity index is 3.22. The molecule has 0 fully saturated rings. The summed E-state index contributed by atoms with van der Waals surface area (Å²) >= 11 is 0. The van der Waals surface area contributed by atoms with Crippen LogP contribution < -0.4 is 0 Å². The quantitative estimate of drug-likeness (QED) is 0.876. The Morgan fingerprint density at radius 3 is 1.05 bits per heavy atom. The summed E-state index contributed by atoms with van der Waals surface area (Å²) in [5.74, 6) is -1.89. The molecule has 2 N–H and O–H groups in total. The first-order chi connectivity index (χ1) is 10.1. The van der Waals surface area contributed by atoms with Gasteiger partial charge >= 0.3 is 11.9 Å². The summed E-state index contributed by atoms with van der Waals surface area (Å²) < 4.78 is 0. The molecule has 2 aromatic carbocycles. The molecule has 2 aromatic rings. The molecule has 2 rings (SSSR count). The molecule has 116 valence electrons. The maximum atomic E-state index is 11.6. The van der Waals surface area contributed by atoms with Gasteiger partial charge in [-0.1, -0.05) is 0 Å². The van der Waals surface area contributed by atoms with Crippen LogP contribution in [0.4, 0.5) is 0 Å². The lowest BCUT2D eigenvalue weighted by molar-refractivity contribution is 0.0684. The minimum atomic E-state index is -0.947. The van der Waals surface area contributed by atoms with E-state index in [0.29, 0.717) is 33.4 Å². The highest BCUT2D eigenvalue weighted by molar-refractivity contribution is 6.07. The molecule has 0 aliphatic rings. The number of carbonyl (C=O) groups is 2. The maximum Gasteiger partial charge on any atom is 0.336 e. The average Bonchev–Trinajstić information content (AvgIpc) is 2.39. The van der Waals surface area contributed by atoms with Gasteiger partial charge in [0.15, 0.2) is 0 Å². The van der Waals surface area contributed by atoms with Crippen LogP contribution in [0.3, 0.4) is 0 Å². The summed E-state index contributed by atoms with van der Waals surface area (Å²) in [6, 6.07) is 0. The molecular weight excluding hydrogens is 280 g/mol. The standard InChI is InChI=1S/C18H20O4/c1-7-9(3)15(17(19)20)12(6)14-8(2)10(4)16(18(21)22)11(5)13(7)14/h1-6H3,(H,19,20)(H,21,22). The Hall–Kier alpha value is -2.36. The lowest BCUT2D eigenvalue weighted by atomic mass is 9.83. The highest BCUT2D eigenvalue weighted by Crippen LogP contribution is 2.37. The number of carboxylic acid groups (broad SMARTS) is 2. The number of carboxylic acids is 2. The number of hydrogen-bond acceptors (Lipinski definition) is 2. The molecule has 0 aliphatic heterocycles. The second kappa shape index (κ2) is 5.13. The van der Waals surface area contributed by atoms with Crippen molar-refractivity contribution in [2.75, 3.05) is 0 Å². The normalized spacial score (nSPS) is 11.0. The molecule has 4 heteroatoms. The fraction of sp³-hybridized carbons (Fsp3) is 0.333. The van der Waals surface area contributed by atoms with Crippen molar-refractivity contribution in [1.29, 1.82) is 0 Å². The molecule has 0 spiro atoms. The molecule has 0 aliphatic carbocycles. The van der Waals surface area contributed by atoms with Crippen LogP contribution in [0.2, 0.25) is 0 Å². The predicted molar refractivity (Wildman–Crippen MR) is 86.3 cm³/mol. The number of fused-ring (bicyclic) bond motifs is 1. The molecular formula is C18H20O4. The van der Waals surface area contributed by atoms with E-state index in [9.17, 15) is 19.8 Å². The number of aryl methyl sites for hydroxylation is 4. The van der Waals surface area contributed by atoms with Gasteiger partial charge in [0.2, 0.25) is 0 Å². The second-order valence-electron chi connectivity index (χ2n) is 5.86. The van der Waals surface area contributed by atoms with Crippen molar-refractivity contribution in [1.82, 2.24) is 0 Å². The minimum absolute atomic E-state index is 0.315. The summed E-state index contributed by atoms with van der Waals surface area (Å²) in [4.78, 5) is 23.2. The molecule has 0 aromatic heterocycles. The molecule has 0 amide bonds. The van der Waals surface area contributed by atoms with Gasteiger partial charge in [0.25, 0.3) is 0 Å². The predicted octanol–water partition coefficient (Wildman–Crippen LogP) is 4.09. The second-order valence-corrected chi connectivity index (χ2v) is 5.86. The number of rotatable bonds is 2. The van der Waals surface area contributed by atoms with E-state index in [2.05, 4.69) is 0 Å². The first-order valence-corrected chi connectivity index (χ1v) is 7.11. The SMILES string of the molecule is Cc1c(C(=O)O)c(C)c2c(C)c(C)c(C(=O)O)c(C)c2c1C. The summed E-state index contributed by atoms with van der Waals surface area (Å²) in [6.07, 6.45) is 0. The van der Waals surface area contributed by atoms with Gasteiger partial charge in [0, 0.05) is 0 Å². The van der Waals surface area contributed by atoms with Crippen LogP contribution in [-0.4, -0.2) is 22.2 Å². The fourth-order valence-corrected chi connectivity index (χ4v) is 3.52. The van der Waals surface area contributed by atoms with Gasteiger partial charge in [-0.15, -0.1) is 0 Å². The highest BCUT2D eigenvalue weighted by atomic mass is 16.4. The Morgan fingerprint density at radius 2 is 0.818 bits per heavy atom. The molecule has 4 nitrogen and oxygen atoms in total. The van der Waals surface area contributed by atoms with Gasteiger partial charge in [-0.2, -0.15) is 0 Å². The monoisotopic (exact) mass is 300 g/mol. The van der Waals surface area contributed by atoms with E-state index < -0.39 is 11.9 Å². The average molecular weight is 300 g/mol. The molecule has 22 heavy (non-hydrogen) atoms. The van der Waals surface area contributed by atoms with Crippen LogP contribution in [0.25, 0.3) is 10.8 Å². The Bertz CT molecular complexity index is 774. The number of hydrogen-bond donors (Lipinski definition) is 2. The van der Waals surface area contributed by atoms with Crippen LogP contribution in [0.15, 0.2) is 0 Å². The first kappa shape index (κ1) is 16.0. The van der Waals surface area contributed by atoms with Gasteiger partial charge in [-0.05, 0) is 85.7 Å². The Kier molecular flexibility index (Phi) is 3.73. The van der Waals surface area contributed by atoms with E-state index >= 15 is 0 Å². The summed E-state index contributed by atoms with van der Waals surface area (Å²) in [7, 11) is 0. The largest absolute Gasteiger partial charge is 0.478 e. The van der Waals surface area contributed by atoms with Crippen LogP contribution in [0.1, 0.15) is 54.1 Å². The molecule has 0 heterocycles. The smallest absolute Gasteiger partial charge is 0.336 e. The van der Waals surface area contributed by atoms with Gasteiger partial charge in [0.1, 0.15) is 0 Å². The third kappa shape index (κ3) is 1.98. The van der Waals surface area contributed by atoms with Crippen LogP contribution >= 0.6 is 0 Å². The number of aromatic carboxylic acids is 2. The van der Waals surface area contributed by atoms with Gasteiger partial charge in [-0.3, -0.25) is 0 Å². The molecule has 0 saturated carbocycles. The zero-order valence-corrected chi connectivity index (χ0v) is 13.7. The van der Waals surface area contributed by atoms with E-state index in [-0.39, 0.29) is 0 Å². The molecule has 0 unspecified atom stereocenters. The highest BCUT2D eigenvalue weighted by Gasteiger charge is 2.24. The van der Waals surface area contributed by atoms with E-state index in [1.54, 1.807) is 27.7 Å². The topological polar surface area (TPSA) is 74.6 Å². The zero-order chi connectivity index (χ0) is 16.9. The molecule has 0 atom stereocenters. The van der Waals surface area contributed by atoms with E-state index in [0.717, 1.165) is 21.9 Å². The van der Waals surface area contributed by atoms with E-state index in [1.165, 1.54) is 0 Å². The lowest BCUT2D eigenvalue weighted by Gasteiger charge is -2.21. The fourth-order valence-electron chi connectivity index (χ4n) is 3.52. The molecule has 0 bridgehead atoms. The van der Waals surface area contributed by atoms with Crippen LogP contribution in [0.5, 0.6) is 0 Å². The van der Waals surface area contributed by atoms with Crippen molar-refractivity contribution in [3.8, 4) is 0 Å². The van der Waals surface area contributed by atoms with Crippen LogP contribution in [0, 0.1) is 41.5 Å². The van der Waals surface area contributed by atoms with Crippen molar-refractivity contribution >= 4 is 22.7 Å².